The van der Waals surface area contributed by atoms with Crippen LogP contribution in [-0.2, 0) is 13.6 Å². The Kier molecular flexibility index (Phi) is 5.28. The average Bonchev–Trinajstić information content (AvgIpc) is 2.74. The fourth-order valence-electron chi connectivity index (χ4n) is 1.72. The van der Waals surface area contributed by atoms with E-state index in [1.807, 2.05) is 18.2 Å². The monoisotopic (exact) mass is 312 g/mol. The first-order valence-corrected chi connectivity index (χ1v) is 7.60. The van der Waals surface area contributed by atoms with Crippen LogP contribution in [0, 0.1) is 0 Å². The Balaban J connectivity index is 2.24. The van der Waals surface area contributed by atoms with Crippen molar-refractivity contribution in [3.8, 4) is 0 Å². The zero-order chi connectivity index (χ0) is 14.5. The van der Waals surface area contributed by atoms with E-state index in [-0.39, 0.29) is 5.69 Å². The van der Waals surface area contributed by atoms with Crippen LogP contribution in [0.3, 0.4) is 0 Å². The van der Waals surface area contributed by atoms with Crippen LogP contribution in [0.2, 0.25) is 5.02 Å². The van der Waals surface area contributed by atoms with Gasteiger partial charge in [0.2, 0.25) is 0 Å². The summed E-state index contributed by atoms with van der Waals surface area (Å²) in [6, 6.07) is 5.76. The first kappa shape index (κ1) is 15.2. The van der Waals surface area contributed by atoms with E-state index in [9.17, 15) is 4.79 Å². The second-order valence-electron chi connectivity index (χ2n) is 4.37. The molecule has 0 saturated heterocycles. The van der Waals surface area contributed by atoms with Crippen LogP contribution in [0.1, 0.15) is 18.9 Å². The van der Waals surface area contributed by atoms with Gasteiger partial charge in [0.15, 0.2) is 5.16 Å². The molecule has 2 aromatic rings. The maximum absolute atomic E-state index is 11.4. The molecule has 0 atom stereocenters. The molecule has 2 rings (SSSR count). The molecule has 0 unspecified atom stereocenters. The summed E-state index contributed by atoms with van der Waals surface area (Å²) in [6.07, 6.45) is 1.07. The molecule has 0 fully saturated rings. The van der Waals surface area contributed by atoms with Gasteiger partial charge in [-0.25, -0.2) is 9.89 Å². The van der Waals surface area contributed by atoms with Crippen molar-refractivity contribution in [1.82, 2.24) is 20.1 Å². The van der Waals surface area contributed by atoms with E-state index in [1.54, 1.807) is 7.05 Å². The van der Waals surface area contributed by atoms with E-state index in [1.165, 1.54) is 16.3 Å². The Hall–Kier alpha value is -1.24. The zero-order valence-electron chi connectivity index (χ0n) is 11.4. The second kappa shape index (κ2) is 6.97. The Bertz CT molecular complexity index is 638. The highest BCUT2D eigenvalue weighted by molar-refractivity contribution is 7.99. The maximum Gasteiger partial charge on any atom is 0.343 e. The van der Waals surface area contributed by atoms with Crippen molar-refractivity contribution in [2.24, 2.45) is 7.05 Å². The summed E-state index contributed by atoms with van der Waals surface area (Å²) < 4.78 is 1.48. The molecule has 5 nitrogen and oxygen atoms in total. The largest absolute Gasteiger partial charge is 0.343 e. The van der Waals surface area contributed by atoms with Crippen molar-refractivity contribution in [3.63, 3.8) is 0 Å². The summed E-state index contributed by atoms with van der Waals surface area (Å²) in [4.78, 5) is 12.4. The number of benzene rings is 1. The van der Waals surface area contributed by atoms with Crippen LogP contribution < -0.4 is 11.0 Å². The molecule has 0 aliphatic rings. The smallest absolute Gasteiger partial charge is 0.313 e. The molecule has 20 heavy (non-hydrogen) atoms. The highest BCUT2D eigenvalue weighted by atomic mass is 35.5. The van der Waals surface area contributed by atoms with Gasteiger partial charge in [-0.05, 0) is 42.4 Å². The molecule has 1 aromatic heterocycles. The quantitative estimate of drug-likeness (QED) is 0.804. The van der Waals surface area contributed by atoms with E-state index >= 15 is 0 Å². The predicted molar refractivity (Wildman–Crippen MR) is 81.4 cm³/mol. The lowest BCUT2D eigenvalue weighted by Gasteiger charge is -2.11. The summed E-state index contributed by atoms with van der Waals surface area (Å²) in [7, 11) is 1.69. The van der Waals surface area contributed by atoms with Gasteiger partial charge >= 0.3 is 5.69 Å². The fraction of sp³-hybridized carbons (Fsp3) is 0.385. The molecule has 0 bridgehead atoms. The summed E-state index contributed by atoms with van der Waals surface area (Å²) in [5.74, 6) is 0. The molecule has 0 saturated carbocycles. The van der Waals surface area contributed by atoms with Gasteiger partial charge in [0.1, 0.15) is 0 Å². The van der Waals surface area contributed by atoms with Gasteiger partial charge in [-0.2, -0.15) is 0 Å². The summed E-state index contributed by atoms with van der Waals surface area (Å²) in [5.41, 5.74) is 0.809. The number of H-pyrrole nitrogens is 1. The predicted octanol–water partition coefficient (Wildman–Crippen LogP) is 2.41. The highest BCUT2D eigenvalue weighted by Crippen LogP contribution is 2.32. The highest BCUT2D eigenvalue weighted by Gasteiger charge is 2.12. The van der Waals surface area contributed by atoms with Crippen LogP contribution in [0.25, 0.3) is 0 Å². The minimum Gasteiger partial charge on any atom is -0.313 e. The van der Waals surface area contributed by atoms with Crippen molar-refractivity contribution in [2.45, 2.75) is 29.9 Å². The molecule has 0 radical (unpaired) electrons. The van der Waals surface area contributed by atoms with Crippen molar-refractivity contribution >= 4 is 23.4 Å². The number of aromatic amines is 1. The number of hydrogen-bond donors (Lipinski definition) is 2. The molecular formula is C13H17ClN4OS. The van der Waals surface area contributed by atoms with E-state index in [4.69, 9.17) is 11.6 Å². The minimum atomic E-state index is -0.222. The SMILES string of the molecule is CCCNCc1c(Cl)cccc1Sc1n[nH]c(=O)n1C. The Morgan fingerprint density at radius 3 is 2.95 bits per heavy atom. The molecule has 0 aliphatic carbocycles. The maximum atomic E-state index is 11.4. The Morgan fingerprint density at radius 1 is 1.50 bits per heavy atom. The van der Waals surface area contributed by atoms with E-state index in [0.717, 1.165) is 28.4 Å². The Morgan fingerprint density at radius 2 is 2.30 bits per heavy atom. The topological polar surface area (TPSA) is 62.7 Å². The molecule has 1 aromatic carbocycles. The summed E-state index contributed by atoms with van der Waals surface area (Å²) in [6.45, 7) is 3.76. The minimum absolute atomic E-state index is 0.222. The van der Waals surface area contributed by atoms with Gasteiger partial charge in [0.05, 0.1) is 0 Å². The lowest BCUT2D eigenvalue weighted by molar-refractivity contribution is 0.669. The third kappa shape index (κ3) is 3.45. The normalized spacial score (nSPS) is 10.9. The molecule has 108 valence electrons. The molecule has 7 heteroatoms. The number of nitrogens with zero attached hydrogens (tertiary/aromatic N) is 2. The van der Waals surface area contributed by atoms with Crippen LogP contribution in [-0.4, -0.2) is 21.3 Å². The molecule has 2 N–H and O–H groups in total. The fourth-order valence-corrected chi connectivity index (χ4v) is 2.98. The van der Waals surface area contributed by atoms with E-state index in [0.29, 0.717) is 11.7 Å². The molecule has 0 aliphatic heterocycles. The van der Waals surface area contributed by atoms with Crippen molar-refractivity contribution in [3.05, 3.63) is 39.3 Å². The standard InChI is InChI=1S/C13H17ClN4OS/c1-3-7-15-8-9-10(14)5-4-6-11(9)20-13-17-16-12(19)18(13)2/h4-6,15H,3,7-8H2,1-2H3,(H,16,19). The number of hydrogen-bond acceptors (Lipinski definition) is 4. The van der Waals surface area contributed by atoms with E-state index < -0.39 is 0 Å². The second-order valence-corrected chi connectivity index (χ2v) is 5.78. The average molecular weight is 313 g/mol. The van der Waals surface area contributed by atoms with Crippen molar-refractivity contribution < 1.29 is 0 Å². The summed E-state index contributed by atoms with van der Waals surface area (Å²) in [5, 5.41) is 11.1. The molecule has 1 heterocycles. The zero-order valence-corrected chi connectivity index (χ0v) is 13.0. The van der Waals surface area contributed by atoms with Crippen LogP contribution in [0.4, 0.5) is 0 Å². The third-order valence-corrected chi connectivity index (χ3v) is 4.35. The lowest BCUT2D eigenvalue weighted by atomic mass is 10.2. The van der Waals surface area contributed by atoms with Gasteiger partial charge in [0.25, 0.3) is 0 Å². The van der Waals surface area contributed by atoms with Crippen LogP contribution in [0.15, 0.2) is 33.0 Å². The van der Waals surface area contributed by atoms with E-state index in [2.05, 4.69) is 22.4 Å². The van der Waals surface area contributed by atoms with Gasteiger partial charge in [0, 0.05) is 23.5 Å². The van der Waals surface area contributed by atoms with Crippen molar-refractivity contribution in [1.29, 1.82) is 0 Å². The third-order valence-electron chi connectivity index (χ3n) is 2.84. The number of halogens is 1. The number of nitrogens with one attached hydrogen (secondary N) is 2. The van der Waals surface area contributed by atoms with Gasteiger partial charge in [-0.1, -0.05) is 24.6 Å². The first-order valence-electron chi connectivity index (χ1n) is 6.40. The van der Waals surface area contributed by atoms with Gasteiger partial charge in [-0.3, -0.25) is 4.57 Å². The Labute approximate surface area is 126 Å². The molecular weight excluding hydrogens is 296 g/mol. The van der Waals surface area contributed by atoms with Crippen LogP contribution in [0.5, 0.6) is 0 Å². The van der Waals surface area contributed by atoms with Gasteiger partial charge in [-0.15, -0.1) is 5.10 Å². The number of rotatable bonds is 6. The van der Waals surface area contributed by atoms with Crippen LogP contribution >= 0.6 is 23.4 Å². The summed E-state index contributed by atoms with van der Waals surface area (Å²) >= 11 is 7.70. The number of aromatic nitrogens is 3. The molecule has 0 spiro atoms. The van der Waals surface area contributed by atoms with Gasteiger partial charge < -0.3 is 5.32 Å². The van der Waals surface area contributed by atoms with Crippen molar-refractivity contribution in [2.75, 3.05) is 6.54 Å². The molecule has 0 amide bonds. The lowest BCUT2D eigenvalue weighted by Crippen LogP contribution is -2.15. The first-order chi connectivity index (χ1) is 9.63.